The predicted octanol–water partition coefficient (Wildman–Crippen LogP) is 6.66. The van der Waals surface area contributed by atoms with Crippen LogP contribution in [0, 0.1) is 12.7 Å². The highest BCUT2D eigenvalue weighted by atomic mass is 19.4. The quantitative estimate of drug-likeness (QED) is 0.260. The largest absolute Gasteiger partial charge is 0.416 e. The lowest BCUT2D eigenvalue weighted by Crippen LogP contribution is -2.20. The lowest BCUT2D eigenvalue weighted by atomic mass is 9.92. The van der Waals surface area contributed by atoms with E-state index in [9.17, 15) is 22.0 Å². The topological polar surface area (TPSA) is 78.6 Å². The van der Waals surface area contributed by atoms with E-state index in [0.29, 0.717) is 37.6 Å². The van der Waals surface area contributed by atoms with E-state index in [2.05, 4.69) is 25.0 Å². The zero-order valence-corrected chi connectivity index (χ0v) is 20.6. The van der Waals surface area contributed by atoms with Gasteiger partial charge < -0.3 is 4.74 Å². The minimum Gasteiger partial charge on any atom is -0.373 e. The molecule has 204 valence electrons. The van der Waals surface area contributed by atoms with Crippen molar-refractivity contribution in [2.24, 2.45) is 0 Å². The molecule has 3 aromatic heterocycles. The molecule has 1 aromatic carbocycles. The molecule has 1 aliphatic carbocycles. The van der Waals surface area contributed by atoms with E-state index < -0.39 is 29.7 Å². The maximum Gasteiger partial charge on any atom is 0.416 e. The van der Waals surface area contributed by atoms with E-state index in [1.807, 2.05) is 10.9 Å². The van der Waals surface area contributed by atoms with Crippen LogP contribution in [0.2, 0.25) is 0 Å². The lowest BCUT2D eigenvalue weighted by Gasteiger charge is -2.28. The van der Waals surface area contributed by atoms with Crippen molar-refractivity contribution in [1.82, 2.24) is 29.7 Å². The number of rotatable bonds is 5. The van der Waals surface area contributed by atoms with Crippen molar-refractivity contribution in [2.75, 3.05) is 6.61 Å². The number of alkyl halides is 5. The summed E-state index contributed by atoms with van der Waals surface area (Å²) in [6.45, 7) is 1.74. The molecule has 1 saturated carbocycles. The Kier molecular flexibility index (Phi) is 6.28. The molecule has 1 aliphatic heterocycles. The first-order chi connectivity index (χ1) is 18.6. The predicted molar refractivity (Wildman–Crippen MR) is 126 cm³/mol. The summed E-state index contributed by atoms with van der Waals surface area (Å²) in [5, 5.41) is 4.42. The summed E-state index contributed by atoms with van der Waals surface area (Å²) in [6, 6.07) is 2.39. The molecule has 1 saturated heterocycles. The van der Waals surface area contributed by atoms with E-state index in [1.54, 1.807) is 6.20 Å². The summed E-state index contributed by atoms with van der Waals surface area (Å²) in [7, 11) is 0. The fraction of sp³-hybridized carbons (Fsp3) is 0.423. The van der Waals surface area contributed by atoms with Crippen molar-refractivity contribution in [3.05, 3.63) is 64.7 Å². The van der Waals surface area contributed by atoms with Gasteiger partial charge in [-0.3, -0.25) is 4.68 Å². The summed E-state index contributed by atoms with van der Waals surface area (Å²) in [5.74, 6) is -1.22. The van der Waals surface area contributed by atoms with Crippen LogP contribution in [0.3, 0.4) is 0 Å². The van der Waals surface area contributed by atoms with Gasteiger partial charge in [0.2, 0.25) is 0 Å². The first-order valence-electron chi connectivity index (χ1n) is 12.5. The molecule has 6 rings (SSSR count). The lowest BCUT2D eigenvalue weighted by molar-refractivity contribution is -0.137. The number of nitrogens with zero attached hydrogens (tertiary/aromatic N) is 6. The second-order valence-electron chi connectivity index (χ2n) is 9.86. The van der Waals surface area contributed by atoms with Gasteiger partial charge >= 0.3 is 6.18 Å². The molecule has 0 bridgehead atoms. The maximum atomic E-state index is 15.1. The average molecular weight is 548 g/mol. The molecule has 39 heavy (non-hydrogen) atoms. The zero-order chi connectivity index (χ0) is 27.5. The summed E-state index contributed by atoms with van der Waals surface area (Å²) < 4.78 is 89.7. The van der Waals surface area contributed by atoms with Crippen molar-refractivity contribution >= 4 is 11.2 Å². The van der Waals surface area contributed by atoms with Crippen LogP contribution in [-0.4, -0.2) is 36.3 Å². The van der Waals surface area contributed by atoms with Crippen LogP contribution in [0.25, 0.3) is 22.4 Å². The van der Waals surface area contributed by atoms with E-state index in [1.165, 1.54) is 6.92 Å². The third-order valence-electron chi connectivity index (χ3n) is 7.08. The fourth-order valence-corrected chi connectivity index (χ4v) is 4.84. The highest BCUT2D eigenvalue weighted by molar-refractivity contribution is 5.87. The molecule has 2 atom stereocenters. The van der Waals surface area contributed by atoms with Crippen molar-refractivity contribution in [2.45, 2.75) is 63.3 Å². The van der Waals surface area contributed by atoms with E-state index in [4.69, 9.17) is 4.74 Å². The Hall–Kier alpha value is -3.61. The Balaban J connectivity index is 1.44. The van der Waals surface area contributed by atoms with Crippen molar-refractivity contribution in [1.29, 1.82) is 0 Å². The first kappa shape index (κ1) is 25.7. The normalized spacial score (nSPS) is 20.2. The van der Waals surface area contributed by atoms with Gasteiger partial charge in [-0.1, -0.05) is 0 Å². The SMILES string of the molecule is Cc1nc2nc([C@H]3CCO[C@H](c4cnn(C5CC5)c4)C3)nc(-c3ccc(C(F)(F)F)cc3F)c2nc1C(F)F. The van der Waals surface area contributed by atoms with Crippen LogP contribution in [0.15, 0.2) is 30.6 Å². The van der Waals surface area contributed by atoms with Gasteiger partial charge in [-0.15, -0.1) is 0 Å². The van der Waals surface area contributed by atoms with Crippen LogP contribution in [0.4, 0.5) is 26.3 Å². The number of fused-ring (bicyclic) bond motifs is 1. The average Bonchev–Trinajstić information content (AvgIpc) is 3.63. The first-order valence-corrected chi connectivity index (χ1v) is 12.5. The second kappa shape index (κ2) is 9.54. The van der Waals surface area contributed by atoms with Crippen LogP contribution < -0.4 is 0 Å². The summed E-state index contributed by atoms with van der Waals surface area (Å²) >= 11 is 0. The molecule has 0 spiro atoms. The summed E-state index contributed by atoms with van der Waals surface area (Å²) in [4.78, 5) is 17.2. The standard InChI is InChI=1S/C26H22F6N6O/c1-12-20(23(28)29)35-22-21(17-5-2-15(9-18(17)27)26(30,31)32)36-24(37-25(22)34-12)13-6-7-39-19(8-13)14-10-33-38(11-14)16-3-4-16/h2,5,9-11,13,16,19,23H,3-4,6-8H2,1H3/t13-,19-/m0/s1. The summed E-state index contributed by atoms with van der Waals surface area (Å²) in [6.07, 6.45) is -1.16. The highest BCUT2D eigenvalue weighted by Crippen LogP contribution is 2.40. The molecule has 0 unspecified atom stereocenters. The molecule has 2 aliphatic rings. The molecule has 13 heteroatoms. The number of hydrogen-bond donors (Lipinski definition) is 0. The van der Waals surface area contributed by atoms with Crippen molar-refractivity contribution < 1.29 is 31.1 Å². The Morgan fingerprint density at radius 2 is 1.85 bits per heavy atom. The minimum absolute atomic E-state index is 0.0409. The van der Waals surface area contributed by atoms with Crippen molar-refractivity contribution in [3.63, 3.8) is 0 Å². The minimum atomic E-state index is -4.76. The highest BCUT2D eigenvalue weighted by Gasteiger charge is 2.33. The molecule has 0 N–H and O–H groups in total. The molecular weight excluding hydrogens is 526 g/mol. The van der Waals surface area contributed by atoms with Crippen LogP contribution in [0.1, 0.15) is 78.5 Å². The molecule has 0 radical (unpaired) electrons. The van der Waals surface area contributed by atoms with Crippen LogP contribution in [0.5, 0.6) is 0 Å². The van der Waals surface area contributed by atoms with E-state index in [0.717, 1.165) is 24.5 Å². The molecule has 2 fully saturated rings. The van der Waals surface area contributed by atoms with Gasteiger partial charge in [-0.05, 0) is 50.8 Å². The third kappa shape index (κ3) is 4.95. The molecular formula is C26H22F6N6O. The van der Waals surface area contributed by atoms with Gasteiger partial charge in [0.05, 0.1) is 29.6 Å². The monoisotopic (exact) mass is 548 g/mol. The fourth-order valence-electron chi connectivity index (χ4n) is 4.84. The van der Waals surface area contributed by atoms with Gasteiger partial charge in [0.1, 0.15) is 28.5 Å². The summed E-state index contributed by atoms with van der Waals surface area (Å²) in [5.41, 5.74) is -1.74. The van der Waals surface area contributed by atoms with E-state index >= 15 is 4.39 Å². The zero-order valence-electron chi connectivity index (χ0n) is 20.6. The molecule has 7 nitrogen and oxygen atoms in total. The van der Waals surface area contributed by atoms with Crippen LogP contribution in [-0.2, 0) is 10.9 Å². The Labute approximate surface area is 218 Å². The smallest absolute Gasteiger partial charge is 0.373 e. The Morgan fingerprint density at radius 3 is 2.54 bits per heavy atom. The van der Waals surface area contributed by atoms with E-state index in [-0.39, 0.29) is 46.0 Å². The molecule has 4 aromatic rings. The molecule has 0 amide bonds. The van der Waals surface area contributed by atoms with Gasteiger partial charge in [-0.25, -0.2) is 33.1 Å². The number of benzene rings is 1. The number of aryl methyl sites for hydroxylation is 1. The van der Waals surface area contributed by atoms with Gasteiger partial charge in [0.15, 0.2) is 5.65 Å². The second-order valence-corrected chi connectivity index (χ2v) is 9.86. The Bertz CT molecular complexity index is 1550. The van der Waals surface area contributed by atoms with Gasteiger partial charge in [-0.2, -0.15) is 18.3 Å². The number of hydrogen-bond acceptors (Lipinski definition) is 6. The van der Waals surface area contributed by atoms with Gasteiger partial charge in [0.25, 0.3) is 6.43 Å². The number of halogens is 6. The van der Waals surface area contributed by atoms with Crippen LogP contribution >= 0.6 is 0 Å². The Morgan fingerprint density at radius 1 is 1.05 bits per heavy atom. The maximum absolute atomic E-state index is 15.1. The van der Waals surface area contributed by atoms with Gasteiger partial charge in [0, 0.05) is 29.8 Å². The molecule has 4 heterocycles. The van der Waals surface area contributed by atoms with Crippen molar-refractivity contribution in [3.8, 4) is 11.3 Å². The number of ether oxygens (including phenoxy) is 1. The third-order valence-corrected chi connectivity index (χ3v) is 7.08. The number of aromatic nitrogens is 6.